The minimum Gasteiger partial charge on any atom is -0.504 e. The molecule has 0 spiro atoms. The van der Waals surface area contributed by atoms with Gasteiger partial charge in [-0.2, -0.15) is 5.26 Å². The fraction of sp³-hybridized carbons (Fsp3) is 0.143. The number of nitrogens with two attached hydrogens (primary N) is 1. The molecule has 80 valence electrons. The Morgan fingerprint density at radius 1 is 1.53 bits per heavy atom. The van der Waals surface area contributed by atoms with Crippen LogP contribution in [-0.4, -0.2) is 16.5 Å². The molecule has 0 aliphatic heterocycles. The maximum atomic E-state index is 11.9. The van der Waals surface area contributed by atoms with E-state index in [4.69, 9.17) is 16.1 Å². The molecular weight excluding hydrogens is 215 g/mol. The van der Waals surface area contributed by atoms with Gasteiger partial charge in [0, 0.05) is 0 Å². The first kappa shape index (κ1) is 10.9. The smallest absolute Gasteiger partial charge is 0.504 e. The second-order valence-electron chi connectivity index (χ2n) is 2.39. The summed E-state index contributed by atoms with van der Waals surface area (Å²) in [4.78, 5) is 3.23. The van der Waals surface area contributed by atoms with Crippen molar-refractivity contribution in [2.75, 3.05) is 5.73 Å². The molecule has 3 N–H and O–H groups in total. The van der Waals surface area contributed by atoms with Crippen LogP contribution in [0.1, 0.15) is 5.69 Å². The van der Waals surface area contributed by atoms with Crippen LogP contribution in [0.2, 0.25) is 0 Å². The maximum absolute atomic E-state index is 11.9. The molecular formula is C7H4F3N3O2. The van der Waals surface area contributed by atoms with E-state index >= 15 is 0 Å². The second-order valence-corrected chi connectivity index (χ2v) is 2.39. The average Bonchev–Trinajstić information content (AvgIpc) is 2.11. The molecule has 15 heavy (non-hydrogen) atoms. The number of rotatable bonds is 1. The molecule has 8 heteroatoms. The van der Waals surface area contributed by atoms with Crippen LogP contribution in [-0.2, 0) is 0 Å². The molecule has 0 saturated heterocycles. The minimum atomic E-state index is -5.00. The molecule has 1 rings (SSSR count). The van der Waals surface area contributed by atoms with Gasteiger partial charge in [0.25, 0.3) is 0 Å². The molecule has 0 aromatic carbocycles. The molecule has 1 aromatic heterocycles. The van der Waals surface area contributed by atoms with Crippen LogP contribution in [0.3, 0.4) is 0 Å². The standard InChI is InChI=1S/C7H4F3N3O2/c8-7(9,10)15-6-3(1-11)13-2-4(14)5(6)12/h2,14H,(H2,12,13). The van der Waals surface area contributed by atoms with Crippen LogP contribution < -0.4 is 10.5 Å². The lowest BCUT2D eigenvalue weighted by Gasteiger charge is -2.12. The summed E-state index contributed by atoms with van der Waals surface area (Å²) in [7, 11) is 0. The fourth-order valence-electron chi connectivity index (χ4n) is 0.796. The zero-order valence-electron chi connectivity index (χ0n) is 7.04. The van der Waals surface area contributed by atoms with E-state index in [1.54, 1.807) is 0 Å². The van der Waals surface area contributed by atoms with Crippen LogP contribution >= 0.6 is 0 Å². The molecule has 0 atom stereocenters. The third-order valence-corrected chi connectivity index (χ3v) is 1.38. The highest BCUT2D eigenvalue weighted by molar-refractivity contribution is 5.65. The van der Waals surface area contributed by atoms with Gasteiger partial charge in [0.1, 0.15) is 11.8 Å². The van der Waals surface area contributed by atoms with E-state index in [0.29, 0.717) is 0 Å². The topological polar surface area (TPSA) is 92.2 Å². The van der Waals surface area contributed by atoms with E-state index in [-0.39, 0.29) is 0 Å². The number of aromatic hydroxyl groups is 1. The Morgan fingerprint density at radius 3 is 2.60 bits per heavy atom. The quantitative estimate of drug-likeness (QED) is 0.738. The number of hydrogen-bond acceptors (Lipinski definition) is 5. The van der Waals surface area contributed by atoms with Gasteiger partial charge in [-0.25, -0.2) is 4.98 Å². The molecule has 0 unspecified atom stereocenters. The number of anilines is 1. The Bertz CT molecular complexity index is 425. The van der Waals surface area contributed by atoms with Crippen molar-refractivity contribution >= 4 is 5.69 Å². The van der Waals surface area contributed by atoms with E-state index in [1.807, 2.05) is 0 Å². The minimum absolute atomic E-state index is 0.650. The lowest BCUT2D eigenvalue weighted by Crippen LogP contribution is -2.19. The number of pyridine rings is 1. The Balaban J connectivity index is 3.26. The predicted molar refractivity (Wildman–Crippen MR) is 41.7 cm³/mol. The number of aromatic nitrogens is 1. The van der Waals surface area contributed by atoms with Crippen LogP contribution in [0.25, 0.3) is 0 Å². The van der Waals surface area contributed by atoms with Crippen molar-refractivity contribution in [2.24, 2.45) is 0 Å². The van der Waals surface area contributed by atoms with Crippen molar-refractivity contribution in [3.63, 3.8) is 0 Å². The Hall–Kier alpha value is -2.17. The van der Waals surface area contributed by atoms with E-state index in [1.165, 1.54) is 6.07 Å². The normalized spacial score (nSPS) is 10.8. The predicted octanol–water partition coefficient (Wildman–Crippen LogP) is 1.14. The van der Waals surface area contributed by atoms with Crippen molar-refractivity contribution in [1.82, 2.24) is 4.98 Å². The molecule has 0 fully saturated rings. The van der Waals surface area contributed by atoms with E-state index in [0.717, 1.165) is 6.20 Å². The summed E-state index contributed by atoms with van der Waals surface area (Å²) >= 11 is 0. The van der Waals surface area contributed by atoms with Gasteiger partial charge in [0.15, 0.2) is 17.2 Å². The first-order valence-corrected chi connectivity index (χ1v) is 3.48. The summed E-state index contributed by atoms with van der Waals surface area (Å²) in [5.74, 6) is -1.68. The summed E-state index contributed by atoms with van der Waals surface area (Å²) in [5.41, 5.74) is 3.77. The maximum Gasteiger partial charge on any atom is 0.573 e. The number of nitrogen functional groups attached to an aromatic ring is 1. The monoisotopic (exact) mass is 219 g/mol. The zero-order chi connectivity index (χ0) is 11.6. The van der Waals surface area contributed by atoms with Crippen molar-refractivity contribution in [3.8, 4) is 17.6 Å². The van der Waals surface area contributed by atoms with E-state index in [2.05, 4.69) is 9.72 Å². The lowest BCUT2D eigenvalue weighted by molar-refractivity contribution is -0.274. The summed E-state index contributed by atoms with van der Waals surface area (Å²) in [6.07, 6.45) is -4.24. The molecule has 1 heterocycles. The Labute approximate surface area is 81.5 Å². The number of nitriles is 1. The summed E-state index contributed by atoms with van der Waals surface area (Å²) in [5, 5.41) is 17.4. The van der Waals surface area contributed by atoms with Gasteiger partial charge < -0.3 is 15.6 Å². The second kappa shape index (κ2) is 3.53. The molecule has 1 aromatic rings. The number of alkyl halides is 3. The Kier molecular flexibility index (Phi) is 2.57. The number of halogens is 3. The fourth-order valence-corrected chi connectivity index (χ4v) is 0.796. The van der Waals surface area contributed by atoms with Crippen LogP contribution in [0.4, 0.5) is 18.9 Å². The van der Waals surface area contributed by atoms with Crippen LogP contribution in [0.5, 0.6) is 11.5 Å². The molecule has 5 nitrogen and oxygen atoms in total. The molecule has 0 bridgehead atoms. The summed E-state index contributed by atoms with van der Waals surface area (Å²) < 4.78 is 39.1. The first-order chi connectivity index (χ1) is 6.85. The SMILES string of the molecule is N#Cc1ncc(O)c(N)c1OC(F)(F)F. The first-order valence-electron chi connectivity index (χ1n) is 3.48. The highest BCUT2D eigenvalue weighted by atomic mass is 19.4. The van der Waals surface area contributed by atoms with Gasteiger partial charge in [0.05, 0.1) is 6.20 Å². The Morgan fingerprint density at radius 2 is 2.13 bits per heavy atom. The molecule has 0 aliphatic rings. The van der Waals surface area contributed by atoms with Crippen LogP contribution in [0, 0.1) is 11.3 Å². The van der Waals surface area contributed by atoms with E-state index < -0.39 is 29.2 Å². The molecule has 0 saturated carbocycles. The zero-order valence-corrected chi connectivity index (χ0v) is 7.04. The van der Waals surface area contributed by atoms with Crippen LogP contribution in [0.15, 0.2) is 6.20 Å². The summed E-state index contributed by atoms with van der Waals surface area (Å²) in [6, 6.07) is 1.36. The van der Waals surface area contributed by atoms with Crippen molar-refractivity contribution in [2.45, 2.75) is 6.36 Å². The molecule has 0 aliphatic carbocycles. The van der Waals surface area contributed by atoms with Gasteiger partial charge >= 0.3 is 6.36 Å². The molecule has 0 amide bonds. The van der Waals surface area contributed by atoms with Crippen molar-refractivity contribution < 1.29 is 23.0 Å². The van der Waals surface area contributed by atoms with Gasteiger partial charge in [0.2, 0.25) is 0 Å². The van der Waals surface area contributed by atoms with E-state index in [9.17, 15) is 13.2 Å². The molecule has 0 radical (unpaired) electrons. The van der Waals surface area contributed by atoms with Gasteiger partial charge in [-0.15, -0.1) is 13.2 Å². The van der Waals surface area contributed by atoms with Gasteiger partial charge in [-0.3, -0.25) is 0 Å². The number of hydrogen-bond donors (Lipinski definition) is 2. The van der Waals surface area contributed by atoms with Crippen molar-refractivity contribution in [3.05, 3.63) is 11.9 Å². The lowest BCUT2D eigenvalue weighted by atomic mass is 10.3. The van der Waals surface area contributed by atoms with Crippen molar-refractivity contribution in [1.29, 1.82) is 5.26 Å². The number of ether oxygens (including phenoxy) is 1. The summed E-state index contributed by atoms with van der Waals surface area (Å²) in [6.45, 7) is 0. The largest absolute Gasteiger partial charge is 0.573 e. The third kappa shape index (κ3) is 2.40. The average molecular weight is 219 g/mol. The van der Waals surface area contributed by atoms with Gasteiger partial charge in [-0.05, 0) is 0 Å². The highest BCUT2D eigenvalue weighted by Gasteiger charge is 2.34. The third-order valence-electron chi connectivity index (χ3n) is 1.38. The number of nitrogens with zero attached hydrogens (tertiary/aromatic N) is 2. The highest BCUT2D eigenvalue weighted by Crippen LogP contribution is 2.35. The van der Waals surface area contributed by atoms with Gasteiger partial charge in [-0.1, -0.05) is 0 Å².